The van der Waals surface area contributed by atoms with Gasteiger partial charge in [0.05, 0.1) is 13.7 Å². The number of aliphatic hydroxyl groups excluding tert-OH is 2. The SMILES string of the molecule is COc1ccc(C(C)(C)c2ccc(OCC(O)CN(CCN)CCO)cc2)cc1. The van der Waals surface area contributed by atoms with E-state index in [1.807, 2.05) is 29.2 Å². The number of ether oxygens (including phenoxy) is 2. The van der Waals surface area contributed by atoms with Crippen LogP contribution in [0.15, 0.2) is 48.5 Å². The molecule has 6 nitrogen and oxygen atoms in total. The number of hydrogen-bond donors (Lipinski definition) is 3. The van der Waals surface area contributed by atoms with Gasteiger partial charge >= 0.3 is 0 Å². The molecule has 0 fully saturated rings. The Balaban J connectivity index is 1.95. The summed E-state index contributed by atoms with van der Waals surface area (Å²) in [7, 11) is 1.66. The van der Waals surface area contributed by atoms with Crippen molar-refractivity contribution in [1.29, 1.82) is 0 Å². The van der Waals surface area contributed by atoms with Gasteiger partial charge in [0.25, 0.3) is 0 Å². The average molecular weight is 403 g/mol. The van der Waals surface area contributed by atoms with Crippen molar-refractivity contribution in [1.82, 2.24) is 4.90 Å². The highest BCUT2D eigenvalue weighted by atomic mass is 16.5. The fourth-order valence-electron chi connectivity index (χ4n) is 3.30. The van der Waals surface area contributed by atoms with E-state index in [1.54, 1.807) is 7.11 Å². The van der Waals surface area contributed by atoms with Crippen LogP contribution in [0.5, 0.6) is 11.5 Å². The molecule has 2 aromatic rings. The zero-order valence-electron chi connectivity index (χ0n) is 17.7. The molecule has 0 aromatic heterocycles. The molecule has 0 heterocycles. The van der Waals surface area contributed by atoms with Crippen molar-refractivity contribution < 1.29 is 19.7 Å². The molecule has 0 spiro atoms. The van der Waals surface area contributed by atoms with Crippen molar-refractivity contribution in [3.63, 3.8) is 0 Å². The number of benzene rings is 2. The Morgan fingerprint density at radius 2 is 1.52 bits per heavy atom. The number of methoxy groups -OCH3 is 1. The van der Waals surface area contributed by atoms with Crippen molar-refractivity contribution in [2.75, 3.05) is 46.5 Å². The Kier molecular flexibility index (Phi) is 8.92. The molecular weight excluding hydrogens is 368 g/mol. The highest BCUT2D eigenvalue weighted by molar-refractivity contribution is 5.41. The zero-order valence-corrected chi connectivity index (χ0v) is 17.7. The number of nitrogens with two attached hydrogens (primary N) is 1. The van der Waals surface area contributed by atoms with Gasteiger partial charge in [0, 0.05) is 31.6 Å². The lowest BCUT2D eigenvalue weighted by Crippen LogP contribution is -2.40. The summed E-state index contributed by atoms with van der Waals surface area (Å²) in [5, 5.41) is 19.3. The Labute approximate surface area is 173 Å². The van der Waals surface area contributed by atoms with Crippen LogP contribution in [-0.2, 0) is 5.41 Å². The first-order chi connectivity index (χ1) is 13.9. The van der Waals surface area contributed by atoms with Crippen molar-refractivity contribution in [3.05, 3.63) is 59.7 Å². The molecule has 0 aliphatic rings. The summed E-state index contributed by atoms with van der Waals surface area (Å²) in [6.07, 6.45) is -0.650. The summed E-state index contributed by atoms with van der Waals surface area (Å²) in [6, 6.07) is 16.1. The molecule has 0 aliphatic carbocycles. The molecule has 0 amide bonds. The van der Waals surface area contributed by atoms with Gasteiger partial charge in [0.2, 0.25) is 0 Å². The van der Waals surface area contributed by atoms with E-state index < -0.39 is 6.10 Å². The van der Waals surface area contributed by atoms with Crippen LogP contribution in [0.1, 0.15) is 25.0 Å². The van der Waals surface area contributed by atoms with E-state index in [2.05, 4.69) is 38.1 Å². The molecule has 0 radical (unpaired) electrons. The third kappa shape index (κ3) is 6.72. The van der Waals surface area contributed by atoms with Crippen LogP contribution < -0.4 is 15.2 Å². The van der Waals surface area contributed by atoms with Gasteiger partial charge in [-0.05, 0) is 35.4 Å². The minimum absolute atomic E-state index is 0.0407. The van der Waals surface area contributed by atoms with Gasteiger partial charge in [-0.25, -0.2) is 0 Å². The van der Waals surface area contributed by atoms with Crippen LogP contribution in [0.3, 0.4) is 0 Å². The molecule has 1 atom stereocenters. The van der Waals surface area contributed by atoms with Crippen molar-refractivity contribution in [2.24, 2.45) is 5.73 Å². The Bertz CT molecular complexity index is 711. The highest BCUT2D eigenvalue weighted by Gasteiger charge is 2.23. The lowest BCUT2D eigenvalue weighted by Gasteiger charge is -2.26. The molecule has 0 saturated carbocycles. The standard InChI is InChI=1S/C23H34N2O4/c1-23(2,18-4-8-21(28-3)9-5-18)19-6-10-22(11-7-19)29-17-20(27)16-25(13-12-24)14-15-26/h4-11,20,26-27H,12-17,24H2,1-3H3. The minimum Gasteiger partial charge on any atom is -0.497 e. The van der Waals surface area contributed by atoms with E-state index in [1.165, 1.54) is 11.1 Å². The van der Waals surface area contributed by atoms with Gasteiger partial charge in [-0.15, -0.1) is 0 Å². The maximum atomic E-state index is 10.2. The third-order valence-corrected chi connectivity index (χ3v) is 5.16. The maximum Gasteiger partial charge on any atom is 0.119 e. The normalized spacial score (nSPS) is 12.8. The second-order valence-electron chi connectivity index (χ2n) is 7.66. The van der Waals surface area contributed by atoms with E-state index in [9.17, 15) is 5.11 Å². The molecule has 0 aliphatic heterocycles. The van der Waals surface area contributed by atoms with Crippen LogP contribution in [0.2, 0.25) is 0 Å². The van der Waals surface area contributed by atoms with Gasteiger partial charge in [0.15, 0.2) is 0 Å². The second kappa shape index (κ2) is 11.2. The van der Waals surface area contributed by atoms with Gasteiger partial charge in [-0.3, -0.25) is 4.90 Å². The Morgan fingerprint density at radius 1 is 0.966 bits per heavy atom. The summed E-state index contributed by atoms with van der Waals surface area (Å²) < 4.78 is 11.0. The number of aliphatic hydroxyl groups is 2. The van der Waals surface area contributed by atoms with Crippen LogP contribution in [0, 0.1) is 0 Å². The summed E-state index contributed by atoms with van der Waals surface area (Å²) in [6.45, 7) is 6.62. The fourth-order valence-corrected chi connectivity index (χ4v) is 3.30. The lowest BCUT2D eigenvalue weighted by molar-refractivity contribution is 0.0629. The lowest BCUT2D eigenvalue weighted by atomic mass is 9.78. The van der Waals surface area contributed by atoms with Crippen molar-refractivity contribution in [2.45, 2.75) is 25.4 Å². The summed E-state index contributed by atoms with van der Waals surface area (Å²) in [5.41, 5.74) is 7.78. The Hall–Kier alpha value is -2.12. The van der Waals surface area contributed by atoms with Crippen molar-refractivity contribution in [3.8, 4) is 11.5 Å². The predicted octanol–water partition coefficient (Wildman–Crippen LogP) is 2.01. The highest BCUT2D eigenvalue weighted by Crippen LogP contribution is 2.33. The van der Waals surface area contributed by atoms with Gasteiger partial charge in [-0.2, -0.15) is 0 Å². The Morgan fingerprint density at radius 3 is 2.00 bits per heavy atom. The van der Waals surface area contributed by atoms with Crippen LogP contribution >= 0.6 is 0 Å². The number of rotatable bonds is 12. The molecule has 2 aromatic carbocycles. The van der Waals surface area contributed by atoms with E-state index >= 15 is 0 Å². The number of nitrogens with zero attached hydrogens (tertiary/aromatic N) is 1. The van der Waals surface area contributed by atoms with E-state index in [0.717, 1.165) is 5.75 Å². The van der Waals surface area contributed by atoms with Crippen LogP contribution in [0.25, 0.3) is 0 Å². The first kappa shape index (κ1) is 23.2. The predicted molar refractivity (Wildman–Crippen MR) is 116 cm³/mol. The average Bonchev–Trinajstić information content (AvgIpc) is 2.73. The zero-order chi connectivity index (χ0) is 21.3. The largest absolute Gasteiger partial charge is 0.497 e. The third-order valence-electron chi connectivity index (χ3n) is 5.16. The van der Waals surface area contributed by atoms with Gasteiger partial charge in [-0.1, -0.05) is 38.1 Å². The first-order valence-electron chi connectivity index (χ1n) is 10.00. The summed E-state index contributed by atoms with van der Waals surface area (Å²) in [5.74, 6) is 1.56. The summed E-state index contributed by atoms with van der Waals surface area (Å²) >= 11 is 0. The van der Waals surface area contributed by atoms with E-state index in [4.69, 9.17) is 20.3 Å². The quantitative estimate of drug-likeness (QED) is 0.503. The minimum atomic E-state index is -0.650. The first-order valence-corrected chi connectivity index (χ1v) is 10.00. The molecule has 29 heavy (non-hydrogen) atoms. The number of hydrogen-bond acceptors (Lipinski definition) is 6. The maximum absolute atomic E-state index is 10.2. The van der Waals surface area contributed by atoms with Crippen molar-refractivity contribution >= 4 is 0 Å². The second-order valence-corrected chi connectivity index (χ2v) is 7.66. The molecule has 160 valence electrons. The smallest absolute Gasteiger partial charge is 0.119 e. The molecule has 0 bridgehead atoms. The van der Waals surface area contributed by atoms with Gasteiger partial charge in [0.1, 0.15) is 24.2 Å². The molecule has 2 rings (SSSR count). The molecule has 0 saturated heterocycles. The molecule has 6 heteroatoms. The van der Waals surface area contributed by atoms with Gasteiger partial charge < -0.3 is 25.4 Å². The fraction of sp³-hybridized carbons (Fsp3) is 0.478. The monoisotopic (exact) mass is 402 g/mol. The van der Waals surface area contributed by atoms with Crippen LogP contribution in [0.4, 0.5) is 0 Å². The topological polar surface area (TPSA) is 88.2 Å². The van der Waals surface area contributed by atoms with E-state index in [0.29, 0.717) is 31.9 Å². The summed E-state index contributed by atoms with van der Waals surface area (Å²) in [4.78, 5) is 1.93. The molecule has 1 unspecified atom stereocenters. The molecule has 4 N–H and O–H groups in total. The van der Waals surface area contributed by atoms with Crippen LogP contribution in [-0.4, -0.2) is 67.7 Å². The van der Waals surface area contributed by atoms with E-state index in [-0.39, 0.29) is 18.6 Å². The molecular formula is C23H34N2O4.